The summed E-state index contributed by atoms with van der Waals surface area (Å²) in [5, 5.41) is 7.89. The summed E-state index contributed by atoms with van der Waals surface area (Å²) < 4.78 is 10.5. The highest BCUT2D eigenvalue weighted by atomic mass is 35.5. The van der Waals surface area contributed by atoms with Crippen molar-refractivity contribution in [3.63, 3.8) is 0 Å². The molecule has 1 fully saturated rings. The van der Waals surface area contributed by atoms with Crippen molar-refractivity contribution in [2.75, 3.05) is 6.61 Å². The van der Waals surface area contributed by atoms with Crippen LogP contribution in [0.1, 0.15) is 17.8 Å². The standard InChI is InChI=1S/C14H14ClN3O3S/c1-8-6-9(2-3-10(8)15)21-7-12-16-14(18-17-12)22-11-4-5-20-13(11)19/h2-3,6,11H,4-5,7H2,1H3,(H,16,17,18)/t11-/m0/s1. The maximum atomic E-state index is 11.4. The van der Waals surface area contributed by atoms with Gasteiger partial charge in [0.1, 0.15) is 17.6 Å². The number of nitrogens with zero attached hydrogens (tertiary/aromatic N) is 2. The molecule has 1 saturated heterocycles. The lowest BCUT2D eigenvalue weighted by Crippen LogP contribution is -2.09. The van der Waals surface area contributed by atoms with Crippen molar-refractivity contribution in [3.8, 4) is 5.75 Å². The number of aromatic nitrogens is 3. The number of ether oxygens (including phenoxy) is 2. The summed E-state index contributed by atoms with van der Waals surface area (Å²) in [5.41, 5.74) is 0.952. The molecule has 2 heterocycles. The monoisotopic (exact) mass is 339 g/mol. The van der Waals surface area contributed by atoms with Gasteiger partial charge in [0.15, 0.2) is 5.82 Å². The number of H-pyrrole nitrogens is 1. The Kier molecular flexibility index (Phi) is 4.54. The van der Waals surface area contributed by atoms with Gasteiger partial charge in [0.05, 0.1) is 6.61 Å². The number of rotatable bonds is 5. The molecule has 1 atom stereocenters. The maximum Gasteiger partial charge on any atom is 0.319 e. The fourth-order valence-electron chi connectivity index (χ4n) is 1.97. The lowest BCUT2D eigenvalue weighted by Gasteiger charge is -2.05. The zero-order valence-corrected chi connectivity index (χ0v) is 13.4. The van der Waals surface area contributed by atoms with E-state index in [1.165, 1.54) is 11.8 Å². The molecule has 22 heavy (non-hydrogen) atoms. The smallest absolute Gasteiger partial charge is 0.319 e. The van der Waals surface area contributed by atoms with Crippen LogP contribution in [0.2, 0.25) is 5.02 Å². The van der Waals surface area contributed by atoms with E-state index in [1.54, 1.807) is 12.1 Å². The van der Waals surface area contributed by atoms with Gasteiger partial charge in [0.25, 0.3) is 0 Å². The second kappa shape index (κ2) is 6.58. The summed E-state index contributed by atoms with van der Waals surface area (Å²) in [6, 6.07) is 5.46. The van der Waals surface area contributed by atoms with Crippen molar-refractivity contribution >= 4 is 29.3 Å². The van der Waals surface area contributed by atoms with E-state index in [0.29, 0.717) is 34.8 Å². The number of esters is 1. The Morgan fingerprint density at radius 1 is 1.55 bits per heavy atom. The minimum Gasteiger partial charge on any atom is -0.486 e. The average molecular weight is 340 g/mol. The number of aromatic amines is 1. The fourth-order valence-corrected chi connectivity index (χ4v) is 2.98. The minimum atomic E-state index is -0.219. The molecule has 0 aliphatic carbocycles. The van der Waals surface area contributed by atoms with Crippen molar-refractivity contribution in [2.24, 2.45) is 0 Å². The fraction of sp³-hybridized carbons (Fsp3) is 0.357. The number of aryl methyl sites for hydroxylation is 1. The van der Waals surface area contributed by atoms with Crippen molar-refractivity contribution < 1.29 is 14.3 Å². The summed E-state index contributed by atoms with van der Waals surface area (Å²) in [5.74, 6) is 1.11. The van der Waals surface area contributed by atoms with E-state index in [1.807, 2.05) is 13.0 Å². The summed E-state index contributed by atoms with van der Waals surface area (Å²) in [6.45, 7) is 2.65. The van der Waals surface area contributed by atoms with E-state index >= 15 is 0 Å². The molecule has 0 saturated carbocycles. The van der Waals surface area contributed by atoms with Gasteiger partial charge in [-0.05, 0) is 30.7 Å². The molecule has 8 heteroatoms. The first-order valence-corrected chi connectivity index (χ1v) is 8.01. The summed E-state index contributed by atoms with van der Waals surface area (Å²) in [4.78, 5) is 15.7. The number of carbonyl (C=O) groups is 1. The maximum absolute atomic E-state index is 11.4. The van der Waals surface area contributed by atoms with Crippen LogP contribution in [0.5, 0.6) is 5.75 Å². The van der Waals surface area contributed by atoms with Crippen LogP contribution >= 0.6 is 23.4 Å². The van der Waals surface area contributed by atoms with Crippen LogP contribution in [-0.4, -0.2) is 33.0 Å². The number of nitrogens with one attached hydrogen (secondary N) is 1. The number of hydrogen-bond donors (Lipinski definition) is 1. The number of benzene rings is 1. The molecule has 6 nitrogen and oxygen atoms in total. The topological polar surface area (TPSA) is 77.1 Å². The average Bonchev–Trinajstić information content (AvgIpc) is 3.11. The van der Waals surface area contributed by atoms with E-state index in [0.717, 1.165) is 5.56 Å². The van der Waals surface area contributed by atoms with Crippen LogP contribution in [0.25, 0.3) is 0 Å². The number of halogens is 1. The predicted octanol–water partition coefficient (Wildman–Crippen LogP) is 2.75. The Labute approximate surface area is 136 Å². The summed E-state index contributed by atoms with van der Waals surface area (Å²) in [7, 11) is 0. The molecular formula is C14H14ClN3O3S. The van der Waals surface area contributed by atoms with Gasteiger partial charge in [-0.2, -0.15) is 0 Å². The van der Waals surface area contributed by atoms with Gasteiger partial charge in [-0.1, -0.05) is 23.4 Å². The van der Waals surface area contributed by atoms with Gasteiger partial charge < -0.3 is 9.47 Å². The van der Waals surface area contributed by atoms with E-state index in [-0.39, 0.29) is 17.8 Å². The predicted molar refractivity (Wildman–Crippen MR) is 82.1 cm³/mol. The lowest BCUT2D eigenvalue weighted by atomic mass is 10.2. The third kappa shape index (κ3) is 3.53. The summed E-state index contributed by atoms with van der Waals surface area (Å²) >= 11 is 7.27. The van der Waals surface area contributed by atoms with E-state index in [4.69, 9.17) is 21.1 Å². The van der Waals surface area contributed by atoms with Gasteiger partial charge in [0.2, 0.25) is 5.16 Å². The largest absolute Gasteiger partial charge is 0.486 e. The molecule has 1 aromatic carbocycles. The first kappa shape index (κ1) is 15.2. The first-order valence-electron chi connectivity index (χ1n) is 6.75. The van der Waals surface area contributed by atoms with Crippen LogP contribution in [0, 0.1) is 6.92 Å². The molecule has 0 radical (unpaired) electrons. The van der Waals surface area contributed by atoms with Crippen LogP contribution in [0.3, 0.4) is 0 Å². The second-order valence-corrected chi connectivity index (χ2v) is 6.40. The molecule has 116 valence electrons. The zero-order chi connectivity index (χ0) is 15.5. The molecule has 0 amide bonds. The highest BCUT2D eigenvalue weighted by Crippen LogP contribution is 2.27. The molecule has 1 N–H and O–H groups in total. The normalized spacial score (nSPS) is 17.5. The second-order valence-electron chi connectivity index (χ2n) is 4.83. The molecule has 1 aliphatic heterocycles. The van der Waals surface area contributed by atoms with Crippen LogP contribution in [0.4, 0.5) is 0 Å². The van der Waals surface area contributed by atoms with E-state index in [2.05, 4.69) is 15.2 Å². The van der Waals surface area contributed by atoms with Crippen LogP contribution in [0.15, 0.2) is 23.4 Å². The van der Waals surface area contributed by atoms with Crippen molar-refractivity contribution in [2.45, 2.75) is 30.4 Å². The van der Waals surface area contributed by atoms with Crippen molar-refractivity contribution in [1.82, 2.24) is 15.2 Å². The molecule has 0 spiro atoms. The highest BCUT2D eigenvalue weighted by molar-refractivity contribution is 8.00. The molecule has 0 bridgehead atoms. The number of hydrogen-bond acceptors (Lipinski definition) is 6. The summed E-state index contributed by atoms with van der Waals surface area (Å²) in [6.07, 6.45) is 0.688. The molecule has 3 rings (SSSR count). The van der Waals surface area contributed by atoms with Gasteiger partial charge in [-0.3, -0.25) is 9.89 Å². The third-order valence-electron chi connectivity index (χ3n) is 3.15. The highest BCUT2D eigenvalue weighted by Gasteiger charge is 2.28. The lowest BCUT2D eigenvalue weighted by molar-refractivity contribution is -0.137. The number of thioether (sulfide) groups is 1. The van der Waals surface area contributed by atoms with Crippen LogP contribution < -0.4 is 4.74 Å². The van der Waals surface area contributed by atoms with Crippen molar-refractivity contribution in [3.05, 3.63) is 34.6 Å². The van der Waals surface area contributed by atoms with E-state index < -0.39 is 0 Å². The Balaban J connectivity index is 1.57. The number of carbonyl (C=O) groups excluding carboxylic acids is 1. The van der Waals surface area contributed by atoms with Crippen molar-refractivity contribution in [1.29, 1.82) is 0 Å². The zero-order valence-electron chi connectivity index (χ0n) is 11.8. The Hall–Kier alpha value is -1.73. The van der Waals surface area contributed by atoms with Gasteiger partial charge in [0, 0.05) is 11.4 Å². The van der Waals surface area contributed by atoms with Gasteiger partial charge >= 0.3 is 5.97 Å². The minimum absolute atomic E-state index is 0.204. The van der Waals surface area contributed by atoms with Crippen LogP contribution in [-0.2, 0) is 16.1 Å². The molecule has 1 aromatic heterocycles. The SMILES string of the molecule is Cc1cc(OCc2nc(S[C@H]3CCOC3=O)n[nH]2)ccc1Cl. The Morgan fingerprint density at radius 2 is 2.41 bits per heavy atom. The van der Waals surface area contributed by atoms with Gasteiger partial charge in [-0.25, -0.2) is 4.98 Å². The molecule has 2 aromatic rings. The molecule has 0 unspecified atom stereocenters. The first-order chi connectivity index (χ1) is 10.6. The molecule has 1 aliphatic rings. The Bertz CT molecular complexity index is 692. The number of cyclic esters (lactones) is 1. The van der Waals surface area contributed by atoms with E-state index in [9.17, 15) is 4.79 Å². The quantitative estimate of drug-likeness (QED) is 0.844. The molecular weight excluding hydrogens is 326 g/mol. The Morgan fingerprint density at radius 3 is 3.14 bits per heavy atom. The van der Waals surface area contributed by atoms with Gasteiger partial charge in [-0.15, -0.1) is 5.10 Å². The third-order valence-corrected chi connectivity index (χ3v) is 4.68.